The number of nitrogens with one attached hydrogen (secondary N) is 2. The van der Waals surface area contributed by atoms with Crippen molar-refractivity contribution >= 4 is 17.4 Å². The molecule has 0 bridgehead atoms. The normalized spacial score (nSPS) is 36.2. The van der Waals surface area contributed by atoms with Gasteiger partial charge in [0.1, 0.15) is 5.92 Å². The summed E-state index contributed by atoms with van der Waals surface area (Å²) in [6.45, 7) is 0.447. The first-order valence-corrected chi connectivity index (χ1v) is 5.25. The van der Waals surface area contributed by atoms with Gasteiger partial charge in [-0.05, 0) is 0 Å². The third-order valence-corrected chi connectivity index (χ3v) is 3.11. The molecule has 1 fully saturated rings. The van der Waals surface area contributed by atoms with E-state index in [0.29, 0.717) is 12.3 Å². The highest BCUT2D eigenvalue weighted by Crippen LogP contribution is 2.27. The molecule has 3 unspecified atom stereocenters. The molecule has 0 aromatic heterocycles. The average molecular weight is 217 g/mol. The molecule has 5 nitrogen and oxygen atoms in total. The Morgan fingerprint density at radius 3 is 2.94 bits per heavy atom. The highest BCUT2D eigenvalue weighted by Gasteiger charge is 2.43. The molecule has 0 aromatic carbocycles. The number of amides is 1. The fraction of sp³-hybridized carbons (Fsp3) is 0.364. The number of ketones is 1. The first kappa shape index (κ1) is 9.47. The first-order chi connectivity index (χ1) is 7.77. The Kier molecular flexibility index (Phi) is 2.00. The second-order valence-corrected chi connectivity index (χ2v) is 4.08. The van der Waals surface area contributed by atoms with Crippen LogP contribution in [0.25, 0.3) is 0 Å². The number of hydrazine groups is 1. The zero-order valence-electron chi connectivity index (χ0n) is 8.51. The van der Waals surface area contributed by atoms with E-state index in [0.717, 1.165) is 0 Å². The number of fused-ring (bicyclic) bond motifs is 2. The molecule has 1 amide bonds. The molecule has 3 atom stereocenters. The van der Waals surface area contributed by atoms with Gasteiger partial charge in [0.2, 0.25) is 5.91 Å². The topological polar surface area (TPSA) is 70.6 Å². The minimum absolute atomic E-state index is 0.0467. The standard InChI is InChI=1S/C11H11N3O2/c15-10-6-3-1-2-4-7(6)13-8-5-12-14-11(16)9(8)10/h1-4,6-7,9,12H,5H2,(H,14,16). The minimum Gasteiger partial charge on any atom is -0.298 e. The Morgan fingerprint density at radius 2 is 2.06 bits per heavy atom. The van der Waals surface area contributed by atoms with Gasteiger partial charge in [-0.3, -0.25) is 20.0 Å². The van der Waals surface area contributed by atoms with Gasteiger partial charge >= 0.3 is 0 Å². The molecule has 2 heterocycles. The van der Waals surface area contributed by atoms with Crippen LogP contribution in [-0.4, -0.2) is 30.0 Å². The average Bonchev–Trinajstić information content (AvgIpc) is 2.29. The van der Waals surface area contributed by atoms with Gasteiger partial charge in [0, 0.05) is 5.71 Å². The van der Waals surface area contributed by atoms with Gasteiger partial charge in [-0.15, -0.1) is 0 Å². The maximum Gasteiger partial charge on any atom is 0.250 e. The van der Waals surface area contributed by atoms with E-state index in [-0.39, 0.29) is 23.7 Å². The fourth-order valence-corrected chi connectivity index (χ4v) is 2.33. The van der Waals surface area contributed by atoms with E-state index in [9.17, 15) is 9.59 Å². The summed E-state index contributed by atoms with van der Waals surface area (Å²) >= 11 is 0. The molecule has 3 rings (SSSR count). The summed E-state index contributed by atoms with van der Waals surface area (Å²) in [6, 6.07) is -0.128. The van der Waals surface area contributed by atoms with Crippen LogP contribution in [0.15, 0.2) is 29.3 Å². The molecule has 2 aliphatic heterocycles. The lowest BCUT2D eigenvalue weighted by molar-refractivity contribution is -0.134. The molecule has 1 aliphatic carbocycles. The van der Waals surface area contributed by atoms with Crippen LogP contribution in [0.3, 0.4) is 0 Å². The van der Waals surface area contributed by atoms with Crippen molar-refractivity contribution in [2.75, 3.05) is 6.54 Å². The summed E-state index contributed by atoms with van der Waals surface area (Å²) < 4.78 is 0. The minimum atomic E-state index is -0.696. The van der Waals surface area contributed by atoms with Crippen molar-refractivity contribution < 1.29 is 9.59 Å². The Balaban J connectivity index is 2.04. The van der Waals surface area contributed by atoms with Crippen molar-refractivity contribution in [3.63, 3.8) is 0 Å². The SMILES string of the molecule is O=C1NNCC2=NC3C=CC=CC3C(=O)C12. The lowest BCUT2D eigenvalue weighted by Crippen LogP contribution is -2.59. The molecular formula is C11H11N3O2. The summed E-state index contributed by atoms with van der Waals surface area (Å²) in [5.41, 5.74) is 5.85. The Hall–Kier alpha value is -1.75. The lowest BCUT2D eigenvalue weighted by Gasteiger charge is -2.33. The summed E-state index contributed by atoms with van der Waals surface area (Å²) in [7, 11) is 0. The number of aliphatic imine (C=N–C) groups is 1. The number of hydrogen-bond donors (Lipinski definition) is 2. The van der Waals surface area contributed by atoms with E-state index >= 15 is 0 Å². The monoisotopic (exact) mass is 217 g/mol. The van der Waals surface area contributed by atoms with E-state index < -0.39 is 5.92 Å². The predicted molar refractivity (Wildman–Crippen MR) is 57.6 cm³/mol. The molecule has 5 heteroatoms. The van der Waals surface area contributed by atoms with E-state index in [1.807, 2.05) is 24.3 Å². The molecule has 0 aromatic rings. The van der Waals surface area contributed by atoms with E-state index in [2.05, 4.69) is 15.8 Å². The van der Waals surface area contributed by atoms with Crippen molar-refractivity contribution in [3.8, 4) is 0 Å². The largest absolute Gasteiger partial charge is 0.298 e. The fourth-order valence-electron chi connectivity index (χ4n) is 2.33. The summed E-state index contributed by atoms with van der Waals surface area (Å²) in [5.74, 6) is -1.31. The second-order valence-electron chi connectivity index (χ2n) is 4.08. The van der Waals surface area contributed by atoms with Crippen molar-refractivity contribution in [1.82, 2.24) is 10.9 Å². The van der Waals surface area contributed by atoms with E-state index in [1.54, 1.807) is 0 Å². The first-order valence-electron chi connectivity index (χ1n) is 5.25. The molecule has 0 saturated carbocycles. The van der Waals surface area contributed by atoms with Crippen LogP contribution in [-0.2, 0) is 9.59 Å². The highest BCUT2D eigenvalue weighted by molar-refractivity contribution is 6.24. The van der Waals surface area contributed by atoms with Gasteiger partial charge in [0.25, 0.3) is 0 Å². The Morgan fingerprint density at radius 1 is 1.25 bits per heavy atom. The molecule has 0 spiro atoms. The van der Waals surface area contributed by atoms with Crippen LogP contribution in [0.4, 0.5) is 0 Å². The zero-order chi connectivity index (χ0) is 11.1. The Bertz CT molecular complexity index is 450. The van der Waals surface area contributed by atoms with Crippen molar-refractivity contribution in [1.29, 1.82) is 0 Å². The lowest BCUT2D eigenvalue weighted by atomic mass is 9.79. The number of Topliss-reactive ketones (excluding diaryl/α,β-unsaturated/α-hetero) is 1. The number of carbonyl (C=O) groups excluding carboxylic acids is 2. The van der Waals surface area contributed by atoms with Gasteiger partial charge in [0.15, 0.2) is 5.78 Å². The number of carbonyl (C=O) groups is 2. The van der Waals surface area contributed by atoms with Gasteiger partial charge < -0.3 is 0 Å². The molecule has 82 valence electrons. The van der Waals surface area contributed by atoms with Gasteiger partial charge in [-0.1, -0.05) is 24.3 Å². The quantitative estimate of drug-likeness (QED) is 0.531. The molecule has 2 N–H and O–H groups in total. The predicted octanol–water partition coefficient (Wildman–Crippen LogP) is -0.628. The van der Waals surface area contributed by atoms with E-state index in [1.165, 1.54) is 0 Å². The van der Waals surface area contributed by atoms with E-state index in [4.69, 9.17) is 0 Å². The zero-order valence-corrected chi connectivity index (χ0v) is 8.51. The molecule has 1 saturated heterocycles. The molecule has 3 aliphatic rings. The second kappa shape index (κ2) is 3.38. The van der Waals surface area contributed by atoms with Gasteiger partial charge in [-0.2, -0.15) is 0 Å². The van der Waals surface area contributed by atoms with Crippen LogP contribution in [0.5, 0.6) is 0 Å². The van der Waals surface area contributed by atoms with Crippen molar-refractivity contribution in [3.05, 3.63) is 24.3 Å². The molecular weight excluding hydrogens is 206 g/mol. The van der Waals surface area contributed by atoms with Crippen molar-refractivity contribution in [2.45, 2.75) is 6.04 Å². The maximum atomic E-state index is 12.1. The maximum absolute atomic E-state index is 12.1. The van der Waals surface area contributed by atoms with Crippen LogP contribution >= 0.6 is 0 Å². The highest BCUT2D eigenvalue weighted by atomic mass is 16.2. The summed E-state index contributed by atoms with van der Waals surface area (Å²) in [6.07, 6.45) is 7.44. The smallest absolute Gasteiger partial charge is 0.250 e. The Labute approximate surface area is 92.3 Å². The van der Waals surface area contributed by atoms with Crippen LogP contribution in [0.2, 0.25) is 0 Å². The number of allylic oxidation sites excluding steroid dienone is 2. The number of nitrogens with zero attached hydrogens (tertiary/aromatic N) is 1. The van der Waals surface area contributed by atoms with Crippen LogP contribution in [0, 0.1) is 11.8 Å². The number of rotatable bonds is 0. The molecule has 0 radical (unpaired) electrons. The number of hydrogen-bond acceptors (Lipinski definition) is 4. The summed E-state index contributed by atoms with van der Waals surface area (Å²) in [5, 5.41) is 0. The molecule has 16 heavy (non-hydrogen) atoms. The summed E-state index contributed by atoms with van der Waals surface area (Å²) in [4.78, 5) is 28.2. The van der Waals surface area contributed by atoms with Gasteiger partial charge in [0.05, 0.1) is 18.5 Å². The van der Waals surface area contributed by atoms with Crippen molar-refractivity contribution in [2.24, 2.45) is 16.8 Å². The van der Waals surface area contributed by atoms with Crippen LogP contribution in [0.1, 0.15) is 0 Å². The third kappa shape index (κ3) is 1.25. The van der Waals surface area contributed by atoms with Gasteiger partial charge in [-0.25, -0.2) is 5.43 Å². The third-order valence-electron chi connectivity index (χ3n) is 3.11. The van der Waals surface area contributed by atoms with Crippen LogP contribution < -0.4 is 10.9 Å².